The molecule has 2 aliphatic rings. The summed E-state index contributed by atoms with van der Waals surface area (Å²) in [6, 6.07) is 6.43. The van der Waals surface area contributed by atoms with Crippen LogP contribution in [0.5, 0.6) is 23.0 Å². The Kier molecular flexibility index (Phi) is 6.44. The molecule has 0 radical (unpaired) electrons. The Morgan fingerprint density at radius 2 is 1.09 bits per heavy atom. The van der Waals surface area contributed by atoms with Crippen molar-refractivity contribution in [3.8, 4) is 23.0 Å². The van der Waals surface area contributed by atoms with Gasteiger partial charge in [0.15, 0.2) is 11.6 Å². The number of phenolic OH excluding ortho intramolecular Hbond substituents is 2. The summed E-state index contributed by atoms with van der Waals surface area (Å²) in [6.45, 7) is 14.4. The van der Waals surface area contributed by atoms with Gasteiger partial charge in [-0.3, -0.25) is 9.59 Å². The number of ether oxygens (including phenoxy) is 2. The highest BCUT2D eigenvalue weighted by Crippen LogP contribution is 2.37. The van der Waals surface area contributed by atoms with E-state index in [-0.39, 0.29) is 35.3 Å². The lowest BCUT2D eigenvalue weighted by atomic mass is 10.0. The van der Waals surface area contributed by atoms with E-state index in [9.17, 15) is 19.8 Å². The van der Waals surface area contributed by atoms with Crippen molar-refractivity contribution in [3.63, 3.8) is 0 Å². The monoisotopic (exact) mass is 436 g/mol. The maximum Gasteiger partial charge on any atom is 0.163 e. The second-order valence-corrected chi connectivity index (χ2v) is 8.38. The summed E-state index contributed by atoms with van der Waals surface area (Å²) in [4.78, 5) is 22.5. The van der Waals surface area contributed by atoms with E-state index in [1.165, 1.54) is 26.0 Å². The second-order valence-electron chi connectivity index (χ2n) is 8.38. The van der Waals surface area contributed by atoms with E-state index in [1.54, 1.807) is 12.1 Å². The summed E-state index contributed by atoms with van der Waals surface area (Å²) in [5.74, 6) is 0.978. The molecule has 2 heterocycles. The van der Waals surface area contributed by atoms with Gasteiger partial charge in [-0.25, -0.2) is 0 Å². The van der Waals surface area contributed by atoms with E-state index in [0.717, 1.165) is 22.3 Å². The van der Waals surface area contributed by atoms with E-state index in [1.807, 2.05) is 13.8 Å². The number of phenols is 2. The molecule has 0 saturated carbocycles. The Bertz CT molecular complexity index is 1040. The third-order valence-electron chi connectivity index (χ3n) is 5.56. The van der Waals surface area contributed by atoms with Gasteiger partial charge in [0.25, 0.3) is 0 Å². The Labute approximate surface area is 187 Å². The third-order valence-corrected chi connectivity index (χ3v) is 5.56. The van der Waals surface area contributed by atoms with Gasteiger partial charge in [0.05, 0.1) is 11.1 Å². The van der Waals surface area contributed by atoms with Gasteiger partial charge in [-0.2, -0.15) is 0 Å². The molecule has 0 spiro atoms. The number of rotatable bonds is 4. The number of hydrogen-bond donors (Lipinski definition) is 2. The van der Waals surface area contributed by atoms with Crippen molar-refractivity contribution >= 4 is 11.6 Å². The number of ketones is 2. The van der Waals surface area contributed by atoms with Crippen LogP contribution in [0.1, 0.15) is 59.5 Å². The summed E-state index contributed by atoms with van der Waals surface area (Å²) < 4.78 is 11.2. The first-order chi connectivity index (χ1) is 15.0. The number of Topliss-reactive ketones (excluding diaryl/α,β-unsaturated/α-hetero) is 2. The molecule has 0 saturated heterocycles. The molecule has 0 aliphatic carbocycles. The number of benzene rings is 2. The molecule has 0 aromatic heterocycles. The minimum Gasteiger partial charge on any atom is -0.507 e. The smallest absolute Gasteiger partial charge is 0.163 e. The quantitative estimate of drug-likeness (QED) is 0.520. The number of carbonyl (C=O) groups excluding carboxylic acids is 2. The van der Waals surface area contributed by atoms with Crippen molar-refractivity contribution in [1.82, 2.24) is 0 Å². The van der Waals surface area contributed by atoms with E-state index in [4.69, 9.17) is 9.47 Å². The van der Waals surface area contributed by atoms with Gasteiger partial charge in [-0.1, -0.05) is 13.2 Å². The molecular formula is C26H28O6. The lowest BCUT2D eigenvalue weighted by Gasteiger charge is -2.09. The Hall–Kier alpha value is -3.54. The molecule has 2 N–H and O–H groups in total. The molecular weight excluding hydrogens is 408 g/mol. The van der Waals surface area contributed by atoms with Crippen LogP contribution >= 0.6 is 0 Å². The van der Waals surface area contributed by atoms with Crippen LogP contribution in [0.3, 0.4) is 0 Å². The van der Waals surface area contributed by atoms with Crippen molar-refractivity contribution in [1.29, 1.82) is 0 Å². The second kappa shape index (κ2) is 8.91. The van der Waals surface area contributed by atoms with Gasteiger partial charge in [-0.15, -0.1) is 0 Å². The standard InChI is InChI=1S/2C13H14O3/c2*1-7(2)12-5-9-4-10(8(3)14)11(15)6-13(9)16-12/h2*4,6,12,15H,1,5H2,2-3H3/t2*12-/m00/s1. The van der Waals surface area contributed by atoms with Crippen molar-refractivity contribution in [2.45, 2.75) is 52.7 Å². The van der Waals surface area contributed by atoms with Crippen LogP contribution in [-0.2, 0) is 12.8 Å². The predicted octanol–water partition coefficient (Wildman–Crippen LogP) is 4.95. The predicted molar refractivity (Wildman–Crippen MR) is 122 cm³/mol. The fourth-order valence-corrected chi connectivity index (χ4v) is 3.67. The van der Waals surface area contributed by atoms with E-state index < -0.39 is 0 Å². The zero-order chi connectivity index (χ0) is 23.7. The maximum absolute atomic E-state index is 11.3. The highest BCUT2D eigenvalue weighted by molar-refractivity contribution is 5.97. The zero-order valence-corrected chi connectivity index (χ0v) is 18.8. The van der Waals surface area contributed by atoms with Gasteiger partial charge >= 0.3 is 0 Å². The van der Waals surface area contributed by atoms with Gasteiger partial charge in [0, 0.05) is 25.0 Å². The Morgan fingerprint density at radius 1 is 0.750 bits per heavy atom. The molecule has 4 rings (SSSR count). The molecule has 168 valence electrons. The van der Waals surface area contributed by atoms with Crippen LogP contribution in [0.15, 0.2) is 48.6 Å². The molecule has 0 fully saturated rings. The summed E-state index contributed by atoms with van der Waals surface area (Å²) >= 11 is 0. The average molecular weight is 437 g/mol. The topological polar surface area (TPSA) is 93.1 Å². The Balaban J connectivity index is 0.000000181. The van der Waals surface area contributed by atoms with Crippen molar-refractivity contribution in [2.24, 2.45) is 0 Å². The van der Waals surface area contributed by atoms with Gasteiger partial charge in [-0.05, 0) is 62.1 Å². The van der Waals surface area contributed by atoms with Gasteiger partial charge < -0.3 is 19.7 Å². The highest BCUT2D eigenvalue weighted by atomic mass is 16.5. The fraction of sp³-hybridized carbons (Fsp3) is 0.308. The Morgan fingerprint density at radius 3 is 1.38 bits per heavy atom. The van der Waals surface area contributed by atoms with E-state index in [2.05, 4.69) is 13.2 Å². The lowest BCUT2D eigenvalue weighted by molar-refractivity contribution is 0.100. The number of fused-ring (bicyclic) bond motifs is 2. The summed E-state index contributed by atoms with van der Waals surface area (Å²) in [5.41, 5.74) is 4.50. The van der Waals surface area contributed by atoms with Crippen LogP contribution < -0.4 is 9.47 Å². The van der Waals surface area contributed by atoms with Crippen molar-refractivity contribution in [2.75, 3.05) is 0 Å². The molecule has 2 aliphatic heterocycles. The molecule has 0 unspecified atom stereocenters. The van der Waals surface area contributed by atoms with Crippen molar-refractivity contribution < 1.29 is 29.3 Å². The van der Waals surface area contributed by atoms with Crippen LogP contribution in [0, 0.1) is 0 Å². The van der Waals surface area contributed by atoms with Crippen LogP contribution in [0.25, 0.3) is 0 Å². The summed E-state index contributed by atoms with van der Waals surface area (Å²) in [5, 5.41) is 19.3. The molecule has 6 heteroatoms. The SMILES string of the molecule is C=C(C)[C@@H]1Cc2cc(C(C)=O)c(O)cc2O1.C=C(C)[C@@H]1Cc2cc(C(C)=O)c(O)cc2O1. The number of aromatic hydroxyl groups is 2. The van der Waals surface area contributed by atoms with Gasteiger partial charge in [0.1, 0.15) is 35.2 Å². The molecule has 2 atom stereocenters. The molecule has 32 heavy (non-hydrogen) atoms. The molecule has 6 nitrogen and oxygen atoms in total. The number of carbonyl (C=O) groups is 2. The third kappa shape index (κ3) is 4.69. The lowest BCUT2D eigenvalue weighted by Crippen LogP contribution is -2.13. The highest BCUT2D eigenvalue weighted by Gasteiger charge is 2.26. The first-order valence-electron chi connectivity index (χ1n) is 10.4. The van der Waals surface area contributed by atoms with Crippen molar-refractivity contribution in [3.05, 3.63) is 70.8 Å². The summed E-state index contributed by atoms with van der Waals surface area (Å²) in [6.07, 6.45) is 1.34. The number of hydrogen-bond acceptors (Lipinski definition) is 6. The van der Waals surface area contributed by atoms with Gasteiger partial charge in [0.2, 0.25) is 0 Å². The maximum atomic E-state index is 11.3. The summed E-state index contributed by atoms with van der Waals surface area (Å²) in [7, 11) is 0. The van der Waals surface area contributed by atoms with E-state index >= 15 is 0 Å². The van der Waals surface area contributed by atoms with Crippen LogP contribution in [-0.4, -0.2) is 34.0 Å². The molecule has 2 aromatic carbocycles. The largest absolute Gasteiger partial charge is 0.507 e. The first-order valence-corrected chi connectivity index (χ1v) is 10.4. The average Bonchev–Trinajstić information content (AvgIpc) is 3.30. The molecule has 0 bridgehead atoms. The van der Waals surface area contributed by atoms with E-state index in [0.29, 0.717) is 35.5 Å². The fourth-order valence-electron chi connectivity index (χ4n) is 3.67. The minimum atomic E-state index is -0.140. The molecule has 2 aromatic rings. The molecule has 0 amide bonds. The first kappa shape index (κ1) is 23.1. The van der Waals surface area contributed by atoms with Crippen LogP contribution in [0.2, 0.25) is 0 Å². The zero-order valence-electron chi connectivity index (χ0n) is 18.8. The minimum absolute atomic E-state index is 0.0198. The normalized spacial score (nSPS) is 17.8. The van der Waals surface area contributed by atoms with Crippen LogP contribution in [0.4, 0.5) is 0 Å².